The lowest BCUT2D eigenvalue weighted by molar-refractivity contribution is -0.111. The van der Waals surface area contributed by atoms with Crippen molar-refractivity contribution in [2.45, 2.75) is 6.92 Å². The normalized spacial score (nSPS) is 15.0. The maximum atomic E-state index is 13.0. The van der Waals surface area contributed by atoms with Gasteiger partial charge in [0.25, 0.3) is 0 Å². The second-order valence-corrected chi connectivity index (χ2v) is 7.47. The molecule has 4 rings (SSSR count). The number of rotatable bonds is 5. The third kappa shape index (κ3) is 4.62. The second-order valence-electron chi connectivity index (χ2n) is 7.47. The van der Waals surface area contributed by atoms with Crippen molar-refractivity contribution >= 4 is 45.6 Å². The monoisotopic (exact) mass is 424 g/mol. The SMILES string of the molecule is CC1=C(Nc2ccc(N)cc2)C(=O)C=C(Nc2ccc(N)cc2)C1=Nc1ccc(N)cc1. The molecule has 0 saturated heterocycles. The first-order valence-corrected chi connectivity index (χ1v) is 10.1. The molecule has 1 aliphatic rings. The zero-order valence-electron chi connectivity index (χ0n) is 17.6. The van der Waals surface area contributed by atoms with Gasteiger partial charge in [0, 0.05) is 40.1 Å². The van der Waals surface area contributed by atoms with Crippen LogP contribution in [0.25, 0.3) is 0 Å². The van der Waals surface area contributed by atoms with Crippen LogP contribution in [0.1, 0.15) is 6.92 Å². The summed E-state index contributed by atoms with van der Waals surface area (Å²) in [5.41, 5.74) is 24.0. The molecule has 160 valence electrons. The lowest BCUT2D eigenvalue weighted by Crippen LogP contribution is -2.25. The first-order chi connectivity index (χ1) is 15.4. The zero-order chi connectivity index (χ0) is 22.7. The van der Waals surface area contributed by atoms with E-state index in [9.17, 15) is 4.79 Å². The number of allylic oxidation sites excluding steroid dienone is 2. The Morgan fingerprint density at radius 2 is 1.16 bits per heavy atom. The van der Waals surface area contributed by atoms with Crippen LogP contribution in [-0.4, -0.2) is 11.5 Å². The molecule has 0 amide bonds. The first kappa shape index (κ1) is 20.7. The van der Waals surface area contributed by atoms with Crippen LogP contribution in [0.15, 0.2) is 101 Å². The number of ketones is 1. The highest BCUT2D eigenvalue weighted by Gasteiger charge is 2.25. The van der Waals surface area contributed by atoms with E-state index in [2.05, 4.69) is 10.6 Å². The Bertz CT molecular complexity index is 1240. The Labute approximate surface area is 186 Å². The molecule has 3 aromatic carbocycles. The molecule has 32 heavy (non-hydrogen) atoms. The van der Waals surface area contributed by atoms with Crippen molar-refractivity contribution in [3.8, 4) is 0 Å². The number of nitrogens with one attached hydrogen (secondary N) is 2. The molecular weight excluding hydrogens is 400 g/mol. The summed E-state index contributed by atoms with van der Waals surface area (Å²) >= 11 is 0. The van der Waals surface area contributed by atoms with Gasteiger partial charge in [-0.15, -0.1) is 0 Å². The van der Waals surface area contributed by atoms with Gasteiger partial charge in [-0.05, 0) is 79.7 Å². The van der Waals surface area contributed by atoms with Crippen LogP contribution in [0, 0.1) is 0 Å². The summed E-state index contributed by atoms with van der Waals surface area (Å²) in [4.78, 5) is 17.8. The Kier molecular flexibility index (Phi) is 5.63. The number of benzene rings is 3. The van der Waals surface area contributed by atoms with Crippen LogP contribution in [-0.2, 0) is 4.79 Å². The number of hydrogen-bond donors (Lipinski definition) is 5. The first-order valence-electron chi connectivity index (χ1n) is 10.1. The lowest BCUT2D eigenvalue weighted by Gasteiger charge is -2.22. The van der Waals surface area contributed by atoms with Crippen molar-refractivity contribution in [2.24, 2.45) is 4.99 Å². The smallest absolute Gasteiger partial charge is 0.204 e. The molecule has 0 saturated carbocycles. The van der Waals surface area contributed by atoms with E-state index in [4.69, 9.17) is 22.2 Å². The van der Waals surface area contributed by atoms with E-state index < -0.39 is 0 Å². The highest BCUT2D eigenvalue weighted by atomic mass is 16.1. The quantitative estimate of drug-likeness (QED) is 0.303. The number of anilines is 5. The molecular formula is C25H24N6O. The predicted octanol–water partition coefficient (Wildman–Crippen LogP) is 4.47. The minimum absolute atomic E-state index is 0.159. The molecule has 0 radical (unpaired) electrons. The number of nitrogens with two attached hydrogens (primary N) is 3. The van der Waals surface area contributed by atoms with Crippen LogP contribution < -0.4 is 27.8 Å². The fourth-order valence-corrected chi connectivity index (χ4v) is 3.28. The van der Waals surface area contributed by atoms with Crippen LogP contribution in [0.4, 0.5) is 34.1 Å². The van der Waals surface area contributed by atoms with Crippen molar-refractivity contribution in [1.82, 2.24) is 0 Å². The molecule has 0 aliphatic heterocycles. The molecule has 0 atom stereocenters. The van der Waals surface area contributed by atoms with Crippen molar-refractivity contribution in [2.75, 3.05) is 27.8 Å². The van der Waals surface area contributed by atoms with Crippen molar-refractivity contribution in [3.63, 3.8) is 0 Å². The third-order valence-electron chi connectivity index (χ3n) is 5.01. The van der Waals surface area contributed by atoms with E-state index in [1.54, 1.807) is 42.5 Å². The number of nitrogens with zero attached hydrogens (tertiary/aromatic N) is 1. The highest BCUT2D eigenvalue weighted by Crippen LogP contribution is 2.27. The van der Waals surface area contributed by atoms with Gasteiger partial charge in [-0.2, -0.15) is 0 Å². The minimum atomic E-state index is -0.159. The molecule has 8 N–H and O–H groups in total. The maximum absolute atomic E-state index is 13.0. The van der Waals surface area contributed by atoms with Crippen LogP contribution in [0.5, 0.6) is 0 Å². The van der Waals surface area contributed by atoms with Gasteiger partial charge in [0.15, 0.2) is 0 Å². The Morgan fingerprint density at radius 1 is 0.688 bits per heavy atom. The van der Waals surface area contributed by atoms with Gasteiger partial charge in [-0.25, -0.2) is 4.99 Å². The number of carbonyl (C=O) groups excluding carboxylic acids is 1. The summed E-state index contributed by atoms with van der Waals surface area (Å²) in [5, 5.41) is 6.50. The summed E-state index contributed by atoms with van der Waals surface area (Å²) in [6.07, 6.45) is 1.54. The molecule has 3 aromatic rings. The summed E-state index contributed by atoms with van der Waals surface area (Å²) in [7, 11) is 0. The summed E-state index contributed by atoms with van der Waals surface area (Å²) < 4.78 is 0. The number of aliphatic imine (C=N–C) groups is 1. The molecule has 0 fully saturated rings. The van der Waals surface area contributed by atoms with E-state index >= 15 is 0 Å². The lowest BCUT2D eigenvalue weighted by atomic mass is 9.96. The van der Waals surface area contributed by atoms with E-state index in [1.807, 2.05) is 43.3 Å². The van der Waals surface area contributed by atoms with Crippen molar-refractivity contribution in [3.05, 3.63) is 95.8 Å². The van der Waals surface area contributed by atoms with E-state index in [0.29, 0.717) is 39.7 Å². The molecule has 0 unspecified atom stereocenters. The fraction of sp³-hybridized carbons (Fsp3) is 0.0400. The van der Waals surface area contributed by atoms with Crippen molar-refractivity contribution < 1.29 is 4.79 Å². The van der Waals surface area contributed by atoms with Gasteiger partial charge in [-0.3, -0.25) is 4.79 Å². The molecule has 0 aromatic heterocycles. The van der Waals surface area contributed by atoms with Gasteiger partial charge in [-0.1, -0.05) is 0 Å². The minimum Gasteiger partial charge on any atom is -0.399 e. The molecule has 0 spiro atoms. The summed E-state index contributed by atoms with van der Waals surface area (Å²) in [6.45, 7) is 1.87. The van der Waals surface area contributed by atoms with Gasteiger partial charge < -0.3 is 27.8 Å². The molecule has 7 nitrogen and oxygen atoms in total. The van der Waals surface area contributed by atoms with Gasteiger partial charge in [0.05, 0.1) is 22.8 Å². The summed E-state index contributed by atoms with van der Waals surface area (Å²) in [6, 6.07) is 21.7. The number of carbonyl (C=O) groups is 1. The predicted molar refractivity (Wildman–Crippen MR) is 133 cm³/mol. The van der Waals surface area contributed by atoms with Gasteiger partial charge in [0.2, 0.25) is 5.78 Å². The Morgan fingerprint density at radius 3 is 1.69 bits per heavy atom. The Balaban J connectivity index is 1.74. The third-order valence-corrected chi connectivity index (χ3v) is 5.01. The van der Waals surface area contributed by atoms with Crippen LogP contribution in [0.2, 0.25) is 0 Å². The standard InChI is InChI=1S/C25H24N6O/c1-15-24(30-20-10-4-17(27)5-11-20)22(29-19-8-2-16(26)3-9-19)14-23(32)25(15)31-21-12-6-18(28)7-13-21/h2-14,29,31H,26-28H2,1H3. The number of nitrogen functional groups attached to an aromatic ring is 3. The average Bonchev–Trinajstić information content (AvgIpc) is 2.78. The molecule has 0 bridgehead atoms. The maximum Gasteiger partial charge on any atom is 0.204 e. The largest absolute Gasteiger partial charge is 0.399 e. The fourth-order valence-electron chi connectivity index (χ4n) is 3.28. The van der Waals surface area contributed by atoms with E-state index in [1.165, 1.54) is 0 Å². The second kappa shape index (κ2) is 8.69. The average molecular weight is 425 g/mol. The summed E-state index contributed by atoms with van der Waals surface area (Å²) in [5.74, 6) is -0.159. The molecule has 0 heterocycles. The van der Waals surface area contributed by atoms with Crippen LogP contribution >= 0.6 is 0 Å². The Hall–Kier alpha value is -4.52. The molecule has 7 heteroatoms. The highest BCUT2D eigenvalue weighted by molar-refractivity contribution is 6.26. The van der Waals surface area contributed by atoms with Gasteiger partial charge in [0.1, 0.15) is 0 Å². The zero-order valence-corrected chi connectivity index (χ0v) is 17.6. The number of hydrogen-bond acceptors (Lipinski definition) is 7. The van der Waals surface area contributed by atoms with Crippen molar-refractivity contribution in [1.29, 1.82) is 0 Å². The molecule has 1 aliphatic carbocycles. The van der Waals surface area contributed by atoms with Crippen LogP contribution in [0.3, 0.4) is 0 Å². The van der Waals surface area contributed by atoms with E-state index in [-0.39, 0.29) is 5.78 Å². The van der Waals surface area contributed by atoms with Gasteiger partial charge >= 0.3 is 0 Å². The topological polar surface area (TPSA) is 132 Å². The van der Waals surface area contributed by atoms with E-state index in [0.717, 1.165) is 17.1 Å².